The molecule has 16 heavy (non-hydrogen) atoms. The molecule has 0 amide bonds. The lowest BCUT2D eigenvalue weighted by Gasteiger charge is -2.04. The third-order valence-electron chi connectivity index (χ3n) is 2.22. The maximum absolute atomic E-state index is 12.1. The van der Waals surface area contributed by atoms with Crippen molar-refractivity contribution >= 4 is 29.0 Å². The summed E-state index contributed by atoms with van der Waals surface area (Å²) >= 11 is 11.8. The number of hydrogen-bond donors (Lipinski definition) is 0. The van der Waals surface area contributed by atoms with E-state index in [4.69, 9.17) is 23.2 Å². The average molecular weight is 255 g/mol. The molecule has 5 heteroatoms. The van der Waals surface area contributed by atoms with Crippen LogP contribution in [0, 0.1) is 0 Å². The Morgan fingerprint density at radius 1 is 1.38 bits per heavy atom. The molecule has 0 N–H and O–H groups in total. The summed E-state index contributed by atoms with van der Waals surface area (Å²) in [6.07, 6.45) is 3.06. The molecule has 0 saturated heterocycles. The number of carbonyl (C=O) groups is 1. The van der Waals surface area contributed by atoms with Crippen molar-refractivity contribution in [2.75, 3.05) is 0 Å². The van der Waals surface area contributed by atoms with Gasteiger partial charge in [-0.3, -0.25) is 4.79 Å². The van der Waals surface area contributed by atoms with Crippen LogP contribution in [0.4, 0.5) is 0 Å². The standard InChI is InChI=1S/C11H8Cl2N2O/c1-15-6-14-5-10(15)11(16)8-4-7(12)2-3-9(8)13/h2-6H,1H3. The summed E-state index contributed by atoms with van der Waals surface area (Å²) in [5.74, 6) is -0.187. The van der Waals surface area contributed by atoms with Crippen LogP contribution >= 0.6 is 23.2 Å². The Bertz CT molecular complexity index is 549. The molecule has 2 rings (SSSR count). The molecule has 82 valence electrons. The van der Waals surface area contributed by atoms with Gasteiger partial charge in [-0.05, 0) is 18.2 Å². The number of aryl methyl sites for hydroxylation is 1. The van der Waals surface area contributed by atoms with Gasteiger partial charge in [-0.15, -0.1) is 0 Å². The molecular weight excluding hydrogens is 247 g/mol. The van der Waals surface area contributed by atoms with Gasteiger partial charge in [0.2, 0.25) is 5.78 Å². The normalized spacial score (nSPS) is 10.4. The Balaban J connectivity index is 2.49. The number of ketones is 1. The van der Waals surface area contributed by atoms with Crippen LogP contribution in [0.1, 0.15) is 16.1 Å². The van der Waals surface area contributed by atoms with E-state index in [-0.39, 0.29) is 5.78 Å². The molecule has 1 heterocycles. The highest BCUT2D eigenvalue weighted by Crippen LogP contribution is 2.23. The number of carbonyl (C=O) groups excluding carboxylic acids is 1. The van der Waals surface area contributed by atoms with Crippen molar-refractivity contribution in [3.63, 3.8) is 0 Å². The van der Waals surface area contributed by atoms with Crippen molar-refractivity contribution in [3.05, 3.63) is 52.0 Å². The predicted octanol–water partition coefficient (Wildman–Crippen LogP) is 2.96. The van der Waals surface area contributed by atoms with Gasteiger partial charge in [0.1, 0.15) is 5.69 Å². The minimum atomic E-state index is -0.187. The Kier molecular flexibility index (Phi) is 2.99. The van der Waals surface area contributed by atoms with Crippen molar-refractivity contribution in [1.29, 1.82) is 0 Å². The van der Waals surface area contributed by atoms with Crippen LogP contribution in [0.3, 0.4) is 0 Å². The molecule has 0 aliphatic carbocycles. The zero-order chi connectivity index (χ0) is 11.7. The first kappa shape index (κ1) is 11.2. The van der Waals surface area contributed by atoms with E-state index in [0.29, 0.717) is 21.3 Å². The van der Waals surface area contributed by atoms with Gasteiger partial charge in [-0.2, -0.15) is 0 Å². The predicted molar refractivity (Wildman–Crippen MR) is 63.1 cm³/mol. The van der Waals surface area contributed by atoms with Crippen molar-refractivity contribution in [2.45, 2.75) is 0 Å². The summed E-state index contributed by atoms with van der Waals surface area (Å²) in [6.45, 7) is 0. The summed E-state index contributed by atoms with van der Waals surface area (Å²) in [6, 6.07) is 4.80. The molecule has 2 aromatic rings. The number of imidazole rings is 1. The van der Waals surface area contributed by atoms with Gasteiger partial charge in [0, 0.05) is 17.6 Å². The maximum Gasteiger partial charge on any atom is 0.212 e. The van der Waals surface area contributed by atoms with Crippen molar-refractivity contribution in [2.24, 2.45) is 7.05 Å². The first-order valence-corrected chi connectivity index (χ1v) is 5.31. The fourth-order valence-electron chi connectivity index (χ4n) is 1.39. The molecule has 0 bridgehead atoms. The van der Waals surface area contributed by atoms with Gasteiger partial charge in [0.15, 0.2) is 0 Å². The SMILES string of the molecule is Cn1cncc1C(=O)c1cc(Cl)ccc1Cl. The summed E-state index contributed by atoms with van der Waals surface area (Å²) in [5.41, 5.74) is 0.863. The molecule has 0 radical (unpaired) electrons. The smallest absolute Gasteiger partial charge is 0.212 e. The van der Waals surface area contributed by atoms with Gasteiger partial charge in [-0.1, -0.05) is 23.2 Å². The highest BCUT2D eigenvalue weighted by molar-refractivity contribution is 6.36. The van der Waals surface area contributed by atoms with E-state index in [0.717, 1.165) is 0 Å². The first-order valence-electron chi connectivity index (χ1n) is 4.55. The summed E-state index contributed by atoms with van der Waals surface area (Å²) in [4.78, 5) is 16.0. The van der Waals surface area contributed by atoms with E-state index in [2.05, 4.69) is 4.98 Å². The van der Waals surface area contributed by atoms with Crippen molar-refractivity contribution in [1.82, 2.24) is 9.55 Å². The molecule has 0 aliphatic rings. The minimum absolute atomic E-state index is 0.187. The Hall–Kier alpha value is -1.32. The second-order valence-corrected chi connectivity index (χ2v) is 4.19. The maximum atomic E-state index is 12.1. The van der Waals surface area contributed by atoms with Crippen LogP contribution in [0.15, 0.2) is 30.7 Å². The van der Waals surface area contributed by atoms with E-state index in [9.17, 15) is 4.79 Å². The van der Waals surface area contributed by atoms with E-state index in [1.54, 1.807) is 36.1 Å². The van der Waals surface area contributed by atoms with E-state index >= 15 is 0 Å². The van der Waals surface area contributed by atoms with Crippen LogP contribution in [0.2, 0.25) is 10.0 Å². The second-order valence-electron chi connectivity index (χ2n) is 3.34. The lowest BCUT2D eigenvalue weighted by molar-refractivity contribution is 0.103. The van der Waals surface area contributed by atoms with E-state index < -0.39 is 0 Å². The van der Waals surface area contributed by atoms with Crippen LogP contribution in [0.25, 0.3) is 0 Å². The van der Waals surface area contributed by atoms with E-state index in [1.807, 2.05) is 0 Å². The molecule has 0 spiro atoms. The van der Waals surface area contributed by atoms with E-state index in [1.165, 1.54) is 6.20 Å². The third-order valence-corrected chi connectivity index (χ3v) is 2.79. The Morgan fingerprint density at radius 3 is 2.75 bits per heavy atom. The van der Waals surface area contributed by atoms with Crippen LogP contribution in [0.5, 0.6) is 0 Å². The Morgan fingerprint density at radius 2 is 2.12 bits per heavy atom. The lowest BCUT2D eigenvalue weighted by atomic mass is 10.1. The molecule has 1 aromatic carbocycles. The van der Waals surface area contributed by atoms with Gasteiger partial charge in [-0.25, -0.2) is 4.98 Å². The largest absolute Gasteiger partial charge is 0.331 e. The van der Waals surface area contributed by atoms with Gasteiger partial charge in [0.25, 0.3) is 0 Å². The molecule has 3 nitrogen and oxygen atoms in total. The molecule has 0 unspecified atom stereocenters. The fraction of sp³-hybridized carbons (Fsp3) is 0.0909. The summed E-state index contributed by atoms with van der Waals surface area (Å²) in [5, 5.41) is 0.866. The molecule has 0 atom stereocenters. The monoisotopic (exact) mass is 254 g/mol. The van der Waals surface area contributed by atoms with Gasteiger partial charge < -0.3 is 4.57 Å². The lowest BCUT2D eigenvalue weighted by Crippen LogP contribution is -2.07. The molecule has 0 saturated carbocycles. The third kappa shape index (κ3) is 1.96. The van der Waals surface area contributed by atoms with Crippen LogP contribution in [-0.2, 0) is 7.05 Å². The average Bonchev–Trinajstić information content (AvgIpc) is 2.67. The summed E-state index contributed by atoms with van der Waals surface area (Å²) in [7, 11) is 1.75. The molecule has 1 aromatic heterocycles. The fourth-order valence-corrected chi connectivity index (χ4v) is 1.76. The minimum Gasteiger partial charge on any atom is -0.331 e. The second kappa shape index (κ2) is 4.28. The van der Waals surface area contributed by atoms with Crippen molar-refractivity contribution < 1.29 is 4.79 Å². The highest BCUT2D eigenvalue weighted by atomic mass is 35.5. The Labute approximate surface area is 103 Å². The zero-order valence-corrected chi connectivity index (χ0v) is 9.96. The van der Waals surface area contributed by atoms with Crippen LogP contribution in [-0.4, -0.2) is 15.3 Å². The van der Waals surface area contributed by atoms with Crippen LogP contribution < -0.4 is 0 Å². The van der Waals surface area contributed by atoms with Gasteiger partial charge >= 0.3 is 0 Å². The highest BCUT2D eigenvalue weighted by Gasteiger charge is 2.16. The summed E-state index contributed by atoms with van der Waals surface area (Å²) < 4.78 is 1.64. The topological polar surface area (TPSA) is 34.9 Å². The number of rotatable bonds is 2. The number of halogens is 2. The molecule has 0 fully saturated rings. The number of aromatic nitrogens is 2. The number of nitrogens with zero attached hydrogens (tertiary/aromatic N) is 2. The number of benzene rings is 1. The first-order chi connectivity index (χ1) is 7.59. The van der Waals surface area contributed by atoms with Gasteiger partial charge in [0.05, 0.1) is 17.5 Å². The quantitative estimate of drug-likeness (QED) is 0.773. The zero-order valence-electron chi connectivity index (χ0n) is 8.45. The molecule has 0 aliphatic heterocycles. The molecular formula is C11H8Cl2N2O. The van der Waals surface area contributed by atoms with Crippen molar-refractivity contribution in [3.8, 4) is 0 Å². The number of hydrogen-bond acceptors (Lipinski definition) is 2.